The Balaban J connectivity index is 1.55. The zero-order valence-corrected chi connectivity index (χ0v) is 18.8. The van der Waals surface area contributed by atoms with Crippen molar-refractivity contribution in [1.29, 1.82) is 0 Å². The molecule has 1 fully saturated rings. The van der Waals surface area contributed by atoms with E-state index < -0.39 is 27.6 Å². The Morgan fingerprint density at radius 1 is 1.12 bits per heavy atom. The standard InChI is InChI=1S/C21H22ClF2N3O4S/c1-26(13-20(28)25-16-4-2-3-15(22)11-16)21(29)14-7-9-27(10-8-14)32(30,31)17-5-6-18(23)19(24)12-17/h2-6,11-12,14H,7-10,13H2,1H3,(H,25,28). The number of hydrogen-bond donors (Lipinski definition) is 1. The minimum absolute atomic E-state index is 0.0558. The number of rotatable bonds is 6. The van der Waals surface area contributed by atoms with E-state index in [2.05, 4.69) is 5.32 Å². The van der Waals surface area contributed by atoms with E-state index in [0.29, 0.717) is 16.8 Å². The SMILES string of the molecule is CN(CC(=O)Nc1cccc(Cl)c1)C(=O)C1CCN(S(=O)(=O)c2ccc(F)c(F)c2)CC1. The molecule has 1 aliphatic rings. The summed E-state index contributed by atoms with van der Waals surface area (Å²) in [4.78, 5) is 25.9. The molecule has 1 aliphatic heterocycles. The lowest BCUT2D eigenvalue weighted by atomic mass is 9.96. The van der Waals surface area contributed by atoms with Crippen LogP contribution in [-0.4, -0.2) is 56.1 Å². The molecule has 0 spiro atoms. The van der Waals surface area contributed by atoms with Crippen LogP contribution in [-0.2, 0) is 19.6 Å². The molecule has 0 radical (unpaired) electrons. The van der Waals surface area contributed by atoms with Gasteiger partial charge in [0.25, 0.3) is 0 Å². The van der Waals surface area contributed by atoms with Gasteiger partial charge >= 0.3 is 0 Å². The molecule has 0 saturated carbocycles. The first-order chi connectivity index (χ1) is 15.1. The quantitative estimate of drug-likeness (QED) is 0.681. The first-order valence-electron chi connectivity index (χ1n) is 9.83. The summed E-state index contributed by atoms with van der Waals surface area (Å²) in [5.41, 5.74) is 0.513. The number of amides is 2. The van der Waals surface area contributed by atoms with E-state index in [9.17, 15) is 26.8 Å². The molecule has 2 aromatic carbocycles. The van der Waals surface area contributed by atoms with E-state index in [4.69, 9.17) is 11.6 Å². The highest BCUT2D eigenvalue weighted by Gasteiger charge is 2.33. The van der Waals surface area contributed by atoms with E-state index in [0.717, 1.165) is 16.4 Å². The van der Waals surface area contributed by atoms with Gasteiger partial charge in [-0.15, -0.1) is 0 Å². The Bertz CT molecular complexity index is 1120. The fraction of sp³-hybridized carbons (Fsp3) is 0.333. The predicted molar refractivity (Wildman–Crippen MR) is 116 cm³/mol. The second-order valence-corrected chi connectivity index (χ2v) is 9.88. The summed E-state index contributed by atoms with van der Waals surface area (Å²) >= 11 is 5.89. The lowest BCUT2D eigenvalue weighted by molar-refractivity contribution is -0.138. The van der Waals surface area contributed by atoms with Crippen molar-refractivity contribution in [2.24, 2.45) is 5.92 Å². The number of carbonyl (C=O) groups excluding carboxylic acids is 2. The van der Waals surface area contributed by atoms with Gasteiger partial charge in [-0.2, -0.15) is 4.31 Å². The zero-order chi connectivity index (χ0) is 23.5. The number of benzene rings is 2. The van der Waals surface area contributed by atoms with Crippen LogP contribution >= 0.6 is 11.6 Å². The molecular weight excluding hydrogens is 464 g/mol. The van der Waals surface area contributed by atoms with Gasteiger partial charge in [-0.05, 0) is 49.2 Å². The van der Waals surface area contributed by atoms with E-state index >= 15 is 0 Å². The lowest BCUT2D eigenvalue weighted by Crippen LogP contribution is -2.45. The van der Waals surface area contributed by atoms with Crippen LogP contribution in [0.15, 0.2) is 47.4 Å². The van der Waals surface area contributed by atoms with Gasteiger partial charge in [0.1, 0.15) is 0 Å². The van der Waals surface area contributed by atoms with Gasteiger partial charge in [0.05, 0.1) is 11.4 Å². The van der Waals surface area contributed by atoms with Crippen LogP contribution in [0, 0.1) is 17.6 Å². The van der Waals surface area contributed by atoms with Crippen molar-refractivity contribution in [2.45, 2.75) is 17.7 Å². The van der Waals surface area contributed by atoms with Crippen molar-refractivity contribution < 1.29 is 26.8 Å². The van der Waals surface area contributed by atoms with Gasteiger partial charge in [-0.1, -0.05) is 17.7 Å². The molecule has 7 nitrogen and oxygen atoms in total. The minimum Gasteiger partial charge on any atom is -0.336 e. The fourth-order valence-electron chi connectivity index (χ4n) is 3.50. The van der Waals surface area contributed by atoms with Gasteiger partial charge in [0.2, 0.25) is 21.8 Å². The molecular formula is C21H22ClF2N3O4S. The highest BCUT2D eigenvalue weighted by Crippen LogP contribution is 2.26. The number of hydrogen-bond acceptors (Lipinski definition) is 4. The van der Waals surface area contributed by atoms with Crippen molar-refractivity contribution >= 4 is 39.1 Å². The molecule has 0 aliphatic carbocycles. The normalized spacial score (nSPS) is 15.4. The van der Waals surface area contributed by atoms with Gasteiger partial charge in [-0.3, -0.25) is 9.59 Å². The largest absolute Gasteiger partial charge is 0.336 e. The third-order valence-electron chi connectivity index (χ3n) is 5.20. The first kappa shape index (κ1) is 24.1. The number of nitrogens with zero attached hydrogens (tertiary/aromatic N) is 2. The van der Waals surface area contributed by atoms with Gasteiger partial charge in [0.15, 0.2) is 11.6 Å². The minimum atomic E-state index is -4.00. The summed E-state index contributed by atoms with van der Waals surface area (Å²) in [5, 5.41) is 3.13. The highest BCUT2D eigenvalue weighted by atomic mass is 35.5. The highest BCUT2D eigenvalue weighted by molar-refractivity contribution is 7.89. The number of halogens is 3. The van der Waals surface area contributed by atoms with E-state index in [1.165, 1.54) is 11.9 Å². The van der Waals surface area contributed by atoms with Crippen molar-refractivity contribution in [1.82, 2.24) is 9.21 Å². The molecule has 1 N–H and O–H groups in total. The van der Waals surface area contributed by atoms with Crippen LogP contribution in [0.4, 0.5) is 14.5 Å². The molecule has 0 bridgehead atoms. The van der Waals surface area contributed by atoms with Crippen LogP contribution < -0.4 is 5.32 Å². The van der Waals surface area contributed by atoms with Crippen molar-refractivity contribution in [3.63, 3.8) is 0 Å². The maximum absolute atomic E-state index is 13.4. The Kier molecular flexibility index (Phi) is 7.47. The summed E-state index contributed by atoms with van der Waals surface area (Å²) in [6, 6.07) is 9.05. The first-order valence-corrected chi connectivity index (χ1v) is 11.7. The van der Waals surface area contributed by atoms with Crippen LogP contribution in [0.1, 0.15) is 12.8 Å². The maximum atomic E-state index is 13.4. The van der Waals surface area contributed by atoms with Gasteiger partial charge in [0, 0.05) is 36.8 Å². The molecule has 0 unspecified atom stereocenters. The summed E-state index contributed by atoms with van der Waals surface area (Å²) < 4.78 is 53.1. The van der Waals surface area contributed by atoms with E-state index in [1.807, 2.05) is 0 Å². The van der Waals surface area contributed by atoms with Crippen LogP contribution in [0.5, 0.6) is 0 Å². The number of likely N-dealkylation sites (N-methyl/N-ethyl adjacent to an activating group) is 1. The fourth-order valence-corrected chi connectivity index (χ4v) is 5.17. The van der Waals surface area contributed by atoms with Crippen LogP contribution in [0.25, 0.3) is 0 Å². The summed E-state index contributed by atoms with van der Waals surface area (Å²) in [5.74, 6) is -3.47. The Morgan fingerprint density at radius 3 is 2.44 bits per heavy atom. The average molecular weight is 486 g/mol. The third-order valence-corrected chi connectivity index (χ3v) is 7.33. The van der Waals surface area contributed by atoms with Gasteiger partial charge < -0.3 is 10.2 Å². The second kappa shape index (κ2) is 9.93. The molecule has 2 amide bonds. The molecule has 1 heterocycles. The molecule has 32 heavy (non-hydrogen) atoms. The number of nitrogens with one attached hydrogen (secondary N) is 1. The predicted octanol–water partition coefficient (Wildman–Crippen LogP) is 3.12. The Labute approximate surface area is 190 Å². The van der Waals surface area contributed by atoms with Gasteiger partial charge in [-0.25, -0.2) is 17.2 Å². The zero-order valence-electron chi connectivity index (χ0n) is 17.2. The number of piperidine rings is 1. The lowest BCUT2D eigenvalue weighted by Gasteiger charge is -2.32. The molecule has 2 aromatic rings. The van der Waals surface area contributed by atoms with E-state index in [1.54, 1.807) is 24.3 Å². The molecule has 0 atom stereocenters. The molecule has 0 aromatic heterocycles. The summed E-state index contributed by atoms with van der Waals surface area (Å²) in [7, 11) is -2.50. The van der Waals surface area contributed by atoms with Crippen molar-refractivity contribution in [3.05, 3.63) is 59.1 Å². The topological polar surface area (TPSA) is 86.8 Å². The molecule has 11 heteroatoms. The monoisotopic (exact) mass is 485 g/mol. The third kappa shape index (κ3) is 5.62. The average Bonchev–Trinajstić information content (AvgIpc) is 2.75. The number of carbonyl (C=O) groups is 2. The summed E-state index contributed by atoms with van der Waals surface area (Å²) in [6.45, 7) is -0.0563. The van der Waals surface area contributed by atoms with Crippen LogP contribution in [0.3, 0.4) is 0 Å². The summed E-state index contributed by atoms with van der Waals surface area (Å²) in [6.07, 6.45) is 0.504. The van der Waals surface area contributed by atoms with Crippen molar-refractivity contribution in [3.8, 4) is 0 Å². The Hall–Kier alpha value is -2.56. The molecule has 3 rings (SSSR count). The van der Waals surface area contributed by atoms with Crippen LogP contribution in [0.2, 0.25) is 5.02 Å². The number of anilines is 1. The maximum Gasteiger partial charge on any atom is 0.243 e. The molecule has 1 saturated heterocycles. The molecule has 172 valence electrons. The van der Waals surface area contributed by atoms with E-state index in [-0.39, 0.29) is 49.2 Å². The number of sulfonamides is 1. The van der Waals surface area contributed by atoms with Crippen molar-refractivity contribution in [2.75, 3.05) is 32.0 Å². The Morgan fingerprint density at radius 2 is 1.81 bits per heavy atom. The smallest absolute Gasteiger partial charge is 0.243 e. The second-order valence-electron chi connectivity index (χ2n) is 7.51.